The number of ether oxygens (including phenoxy) is 2. The van der Waals surface area contributed by atoms with Crippen molar-refractivity contribution < 1.29 is 13.9 Å². The van der Waals surface area contributed by atoms with Gasteiger partial charge in [0.1, 0.15) is 17.3 Å². The summed E-state index contributed by atoms with van der Waals surface area (Å²) in [4.78, 5) is 0. The van der Waals surface area contributed by atoms with Gasteiger partial charge in [-0.05, 0) is 46.6 Å². The molecule has 5 heteroatoms. The fraction of sp³-hybridized carbons (Fsp3) is 0.250. The van der Waals surface area contributed by atoms with E-state index in [-0.39, 0.29) is 5.82 Å². The highest BCUT2D eigenvalue weighted by atomic mass is 79.9. The Morgan fingerprint density at radius 1 is 1.24 bits per heavy atom. The van der Waals surface area contributed by atoms with Crippen LogP contribution in [-0.4, -0.2) is 13.7 Å². The van der Waals surface area contributed by atoms with Crippen molar-refractivity contribution in [2.45, 2.75) is 12.3 Å². The van der Waals surface area contributed by atoms with Crippen LogP contribution in [0.3, 0.4) is 0 Å². The molecule has 0 fully saturated rings. The van der Waals surface area contributed by atoms with E-state index >= 15 is 0 Å². The Labute approximate surface area is 137 Å². The van der Waals surface area contributed by atoms with Gasteiger partial charge in [0.2, 0.25) is 0 Å². The summed E-state index contributed by atoms with van der Waals surface area (Å²) in [6.45, 7) is 2.49. The lowest BCUT2D eigenvalue weighted by atomic mass is 10.0. The van der Waals surface area contributed by atoms with Crippen LogP contribution in [0.5, 0.6) is 11.5 Å². The van der Waals surface area contributed by atoms with Crippen LogP contribution in [0, 0.1) is 5.82 Å². The van der Waals surface area contributed by atoms with Gasteiger partial charge in [0.15, 0.2) is 0 Å². The molecule has 0 amide bonds. The fourth-order valence-electron chi connectivity index (χ4n) is 1.97. The molecule has 112 valence electrons. The molecule has 0 heterocycles. The van der Waals surface area contributed by atoms with Crippen LogP contribution in [0.25, 0.3) is 0 Å². The maximum absolute atomic E-state index is 14.1. The van der Waals surface area contributed by atoms with Gasteiger partial charge in [0, 0.05) is 11.6 Å². The first-order valence-electron chi connectivity index (χ1n) is 6.46. The van der Waals surface area contributed by atoms with Gasteiger partial charge in [0.25, 0.3) is 0 Å². The topological polar surface area (TPSA) is 18.5 Å². The second kappa shape index (κ2) is 7.14. The molecule has 1 unspecified atom stereocenters. The molecular formula is C16H15BrClFO2. The Balaban J connectivity index is 2.31. The highest BCUT2D eigenvalue weighted by molar-refractivity contribution is 9.10. The van der Waals surface area contributed by atoms with Crippen LogP contribution in [0.15, 0.2) is 40.9 Å². The predicted molar refractivity (Wildman–Crippen MR) is 86.0 cm³/mol. The Bertz CT molecular complexity index is 634. The van der Waals surface area contributed by atoms with Crippen LogP contribution in [-0.2, 0) is 0 Å². The van der Waals surface area contributed by atoms with Gasteiger partial charge >= 0.3 is 0 Å². The van der Waals surface area contributed by atoms with Crippen molar-refractivity contribution in [2.24, 2.45) is 0 Å². The molecule has 0 spiro atoms. The molecule has 2 aromatic carbocycles. The summed E-state index contributed by atoms with van der Waals surface area (Å²) in [5.41, 5.74) is 1.20. The minimum absolute atomic E-state index is 0.389. The smallest absolute Gasteiger partial charge is 0.133 e. The first kappa shape index (κ1) is 16.1. The third-order valence-corrected chi connectivity index (χ3v) is 4.14. The van der Waals surface area contributed by atoms with Crippen molar-refractivity contribution in [3.05, 3.63) is 57.8 Å². The number of hydrogen-bond acceptors (Lipinski definition) is 2. The van der Waals surface area contributed by atoms with Gasteiger partial charge in [-0.1, -0.05) is 12.1 Å². The van der Waals surface area contributed by atoms with Crippen LogP contribution < -0.4 is 9.47 Å². The first-order chi connectivity index (χ1) is 10.1. The molecule has 21 heavy (non-hydrogen) atoms. The minimum Gasteiger partial charge on any atom is -0.497 e. The lowest BCUT2D eigenvalue weighted by molar-refractivity contribution is 0.338. The van der Waals surface area contributed by atoms with E-state index in [1.807, 2.05) is 25.1 Å². The van der Waals surface area contributed by atoms with Gasteiger partial charge in [-0.15, -0.1) is 11.6 Å². The molecule has 2 nitrogen and oxygen atoms in total. The zero-order valence-electron chi connectivity index (χ0n) is 11.7. The van der Waals surface area contributed by atoms with E-state index in [4.69, 9.17) is 21.1 Å². The summed E-state index contributed by atoms with van der Waals surface area (Å²) in [6.07, 6.45) is 0. The second-order valence-corrected chi connectivity index (χ2v) is 5.66. The SMILES string of the molecule is CCOc1ccc(C(Cl)c2ccc(OC)cc2F)cc1Br. The van der Waals surface area contributed by atoms with Gasteiger partial charge in [-0.2, -0.15) is 0 Å². The van der Waals surface area contributed by atoms with Crippen molar-refractivity contribution in [1.29, 1.82) is 0 Å². The van der Waals surface area contributed by atoms with Crippen molar-refractivity contribution in [3.8, 4) is 11.5 Å². The van der Waals surface area contributed by atoms with E-state index in [9.17, 15) is 4.39 Å². The minimum atomic E-state index is -0.581. The number of benzene rings is 2. The highest BCUT2D eigenvalue weighted by Crippen LogP contribution is 2.36. The van der Waals surface area contributed by atoms with Crippen LogP contribution in [0.4, 0.5) is 4.39 Å². The summed E-state index contributed by atoms with van der Waals surface area (Å²) in [7, 11) is 1.50. The Morgan fingerprint density at radius 2 is 2.00 bits per heavy atom. The zero-order valence-corrected chi connectivity index (χ0v) is 14.0. The van der Waals surface area contributed by atoms with E-state index in [1.165, 1.54) is 13.2 Å². The molecule has 0 aliphatic heterocycles. The average Bonchev–Trinajstić information content (AvgIpc) is 2.48. The molecule has 2 rings (SSSR count). The Hall–Kier alpha value is -1.26. The standard InChI is InChI=1S/C16H15BrClFO2/c1-3-21-15-7-4-10(8-13(15)17)16(18)12-6-5-11(20-2)9-14(12)19/h4-9,16H,3H2,1-2H3. The molecule has 1 atom stereocenters. The van der Waals surface area contributed by atoms with Crippen molar-refractivity contribution >= 4 is 27.5 Å². The molecule has 0 saturated heterocycles. The van der Waals surface area contributed by atoms with Crippen molar-refractivity contribution in [1.82, 2.24) is 0 Å². The monoisotopic (exact) mass is 372 g/mol. The largest absolute Gasteiger partial charge is 0.497 e. The number of methoxy groups -OCH3 is 1. The molecule has 0 radical (unpaired) electrons. The van der Waals surface area contributed by atoms with E-state index < -0.39 is 5.38 Å². The molecule has 2 aromatic rings. The van der Waals surface area contributed by atoms with E-state index in [0.717, 1.165) is 15.8 Å². The molecule has 0 saturated carbocycles. The van der Waals surface area contributed by atoms with Gasteiger partial charge < -0.3 is 9.47 Å². The third-order valence-electron chi connectivity index (χ3n) is 3.03. The molecule has 0 bridgehead atoms. The summed E-state index contributed by atoms with van der Waals surface area (Å²) in [5.74, 6) is 0.813. The van der Waals surface area contributed by atoms with E-state index in [0.29, 0.717) is 17.9 Å². The number of hydrogen-bond donors (Lipinski definition) is 0. The maximum atomic E-state index is 14.1. The first-order valence-corrected chi connectivity index (χ1v) is 7.69. The number of alkyl halides is 1. The average molecular weight is 374 g/mol. The summed E-state index contributed by atoms with van der Waals surface area (Å²) in [6, 6.07) is 10.1. The predicted octanol–water partition coefficient (Wildman–Crippen LogP) is 5.32. The lowest BCUT2D eigenvalue weighted by Gasteiger charge is -2.14. The quantitative estimate of drug-likeness (QED) is 0.660. The maximum Gasteiger partial charge on any atom is 0.133 e. The normalized spacial score (nSPS) is 12.0. The number of halogens is 3. The Kier molecular flexibility index (Phi) is 5.48. The number of rotatable bonds is 5. The third kappa shape index (κ3) is 3.69. The lowest BCUT2D eigenvalue weighted by Crippen LogP contribution is -1.99. The molecule has 0 aromatic heterocycles. The highest BCUT2D eigenvalue weighted by Gasteiger charge is 2.17. The van der Waals surface area contributed by atoms with E-state index in [2.05, 4.69) is 15.9 Å². The van der Waals surface area contributed by atoms with Gasteiger partial charge in [-0.25, -0.2) is 4.39 Å². The molecule has 0 aliphatic carbocycles. The van der Waals surface area contributed by atoms with E-state index in [1.54, 1.807) is 12.1 Å². The van der Waals surface area contributed by atoms with Gasteiger partial charge in [-0.3, -0.25) is 0 Å². The molecule has 0 N–H and O–H groups in total. The van der Waals surface area contributed by atoms with Crippen molar-refractivity contribution in [3.63, 3.8) is 0 Å². The van der Waals surface area contributed by atoms with Crippen LogP contribution in [0.2, 0.25) is 0 Å². The Morgan fingerprint density at radius 3 is 2.57 bits per heavy atom. The van der Waals surface area contributed by atoms with Gasteiger partial charge in [0.05, 0.1) is 23.6 Å². The zero-order chi connectivity index (χ0) is 15.4. The fourth-order valence-corrected chi connectivity index (χ4v) is 2.79. The summed E-state index contributed by atoms with van der Waals surface area (Å²) in [5, 5.41) is -0.581. The van der Waals surface area contributed by atoms with Crippen LogP contribution >= 0.6 is 27.5 Å². The summed E-state index contributed by atoms with van der Waals surface area (Å²) < 4.78 is 25.3. The van der Waals surface area contributed by atoms with Crippen molar-refractivity contribution in [2.75, 3.05) is 13.7 Å². The molecular weight excluding hydrogens is 359 g/mol. The van der Waals surface area contributed by atoms with Crippen LogP contribution in [0.1, 0.15) is 23.4 Å². The second-order valence-electron chi connectivity index (χ2n) is 4.37. The summed E-state index contributed by atoms with van der Waals surface area (Å²) >= 11 is 9.82. The molecule has 0 aliphatic rings.